The fraction of sp³-hybridized carbons (Fsp3) is 0.259. The molecule has 5 rings (SSSR count). The standard InChI is InChI=1S/C27H28N2O3S/c1-17-10-11-18(2)26(14-17)29-33(30,31)21-12-13-25-24(16-21)22-8-5-9-23(22)27(28-25)19-6-4-7-20(15-19)32-3/h4-8,10-16,22-23,27-29H,9H2,1-3H3/t22-,23-,27-/m1/s1. The van der Waals surface area contributed by atoms with Crippen molar-refractivity contribution in [2.24, 2.45) is 5.92 Å². The topological polar surface area (TPSA) is 67.4 Å². The first-order valence-electron chi connectivity index (χ1n) is 11.2. The maximum Gasteiger partial charge on any atom is 0.261 e. The first-order valence-corrected chi connectivity index (χ1v) is 12.7. The monoisotopic (exact) mass is 460 g/mol. The highest BCUT2D eigenvalue weighted by molar-refractivity contribution is 7.92. The van der Waals surface area contributed by atoms with E-state index in [1.54, 1.807) is 13.2 Å². The Balaban J connectivity index is 1.49. The zero-order valence-corrected chi connectivity index (χ0v) is 19.8. The largest absolute Gasteiger partial charge is 0.497 e. The van der Waals surface area contributed by atoms with Crippen LogP contribution in [0.1, 0.15) is 40.6 Å². The van der Waals surface area contributed by atoms with E-state index >= 15 is 0 Å². The number of benzene rings is 3. The van der Waals surface area contributed by atoms with E-state index in [9.17, 15) is 8.42 Å². The van der Waals surface area contributed by atoms with Gasteiger partial charge in [-0.05, 0) is 84.8 Å². The highest BCUT2D eigenvalue weighted by Crippen LogP contribution is 2.50. The molecular weight excluding hydrogens is 432 g/mol. The Bertz CT molecular complexity index is 1350. The lowest BCUT2D eigenvalue weighted by atomic mass is 9.77. The molecule has 0 aromatic heterocycles. The molecule has 33 heavy (non-hydrogen) atoms. The van der Waals surface area contributed by atoms with Gasteiger partial charge in [-0.2, -0.15) is 0 Å². The predicted octanol–water partition coefficient (Wildman–Crippen LogP) is 5.94. The van der Waals surface area contributed by atoms with Gasteiger partial charge in [0, 0.05) is 11.6 Å². The fourth-order valence-electron chi connectivity index (χ4n) is 4.95. The Morgan fingerprint density at radius 1 is 1.03 bits per heavy atom. The van der Waals surface area contributed by atoms with Crippen LogP contribution in [0.5, 0.6) is 5.75 Å². The number of allylic oxidation sites excluding steroid dienone is 2. The molecule has 0 fully saturated rings. The quantitative estimate of drug-likeness (QED) is 0.463. The van der Waals surface area contributed by atoms with Gasteiger partial charge in [-0.3, -0.25) is 4.72 Å². The molecule has 0 saturated carbocycles. The second-order valence-electron chi connectivity index (χ2n) is 8.93. The molecule has 1 aliphatic heterocycles. The van der Waals surface area contributed by atoms with Crippen LogP contribution in [0.15, 0.2) is 77.7 Å². The van der Waals surface area contributed by atoms with Crippen molar-refractivity contribution in [2.45, 2.75) is 37.1 Å². The predicted molar refractivity (Wildman–Crippen MR) is 133 cm³/mol. The number of nitrogens with one attached hydrogen (secondary N) is 2. The number of hydrogen-bond acceptors (Lipinski definition) is 4. The van der Waals surface area contributed by atoms with Gasteiger partial charge >= 0.3 is 0 Å². The van der Waals surface area contributed by atoms with Crippen molar-refractivity contribution in [1.82, 2.24) is 0 Å². The molecular formula is C27H28N2O3S. The highest BCUT2D eigenvalue weighted by Gasteiger charge is 2.38. The summed E-state index contributed by atoms with van der Waals surface area (Å²) in [4.78, 5) is 0.280. The van der Waals surface area contributed by atoms with Gasteiger partial charge in [0.15, 0.2) is 0 Å². The van der Waals surface area contributed by atoms with Crippen molar-refractivity contribution in [3.63, 3.8) is 0 Å². The van der Waals surface area contributed by atoms with Crippen molar-refractivity contribution in [3.8, 4) is 5.75 Å². The average Bonchev–Trinajstić information content (AvgIpc) is 3.31. The molecule has 3 aromatic rings. The van der Waals surface area contributed by atoms with E-state index in [4.69, 9.17) is 4.74 Å². The number of methoxy groups -OCH3 is 1. The Hall–Kier alpha value is -3.25. The zero-order chi connectivity index (χ0) is 23.2. The second-order valence-corrected chi connectivity index (χ2v) is 10.6. The van der Waals surface area contributed by atoms with Gasteiger partial charge in [0.25, 0.3) is 10.0 Å². The van der Waals surface area contributed by atoms with Crippen LogP contribution in [0.25, 0.3) is 0 Å². The van der Waals surface area contributed by atoms with Gasteiger partial charge in [0.1, 0.15) is 5.75 Å². The van der Waals surface area contributed by atoms with Gasteiger partial charge in [-0.25, -0.2) is 8.42 Å². The van der Waals surface area contributed by atoms with Gasteiger partial charge in [-0.15, -0.1) is 0 Å². The molecule has 2 aliphatic rings. The highest BCUT2D eigenvalue weighted by atomic mass is 32.2. The van der Waals surface area contributed by atoms with Crippen molar-refractivity contribution in [1.29, 1.82) is 0 Å². The summed E-state index contributed by atoms with van der Waals surface area (Å²) in [7, 11) is -2.03. The molecule has 0 bridgehead atoms. The number of fused-ring (bicyclic) bond motifs is 3. The van der Waals surface area contributed by atoms with Crippen LogP contribution in [0.2, 0.25) is 0 Å². The van der Waals surface area contributed by atoms with E-state index in [-0.39, 0.29) is 16.9 Å². The Morgan fingerprint density at radius 2 is 1.88 bits per heavy atom. The normalized spacial score (nSPS) is 21.1. The molecule has 0 saturated heterocycles. The van der Waals surface area contributed by atoms with Gasteiger partial charge in [0.05, 0.1) is 23.7 Å². The summed E-state index contributed by atoms with van der Waals surface area (Å²) in [6.45, 7) is 3.85. The number of hydrogen-bond donors (Lipinski definition) is 2. The lowest BCUT2D eigenvalue weighted by Gasteiger charge is -2.37. The van der Waals surface area contributed by atoms with Crippen molar-refractivity contribution in [2.75, 3.05) is 17.1 Å². The van der Waals surface area contributed by atoms with Crippen LogP contribution in [-0.2, 0) is 10.0 Å². The molecule has 2 N–H and O–H groups in total. The minimum absolute atomic E-state index is 0.128. The van der Waals surface area contributed by atoms with Gasteiger partial charge < -0.3 is 10.1 Å². The summed E-state index contributed by atoms with van der Waals surface area (Å²) < 4.78 is 34.7. The average molecular weight is 461 g/mol. The van der Waals surface area contributed by atoms with Crippen LogP contribution in [-0.4, -0.2) is 15.5 Å². The van der Waals surface area contributed by atoms with Crippen molar-refractivity contribution in [3.05, 3.63) is 95.1 Å². The number of anilines is 2. The summed E-state index contributed by atoms with van der Waals surface area (Å²) in [5.41, 5.74) is 5.69. The number of rotatable bonds is 5. The van der Waals surface area contributed by atoms with E-state index in [2.05, 4.69) is 34.3 Å². The van der Waals surface area contributed by atoms with E-state index in [0.29, 0.717) is 11.6 Å². The van der Waals surface area contributed by atoms with Gasteiger partial charge in [-0.1, -0.05) is 36.4 Å². The van der Waals surface area contributed by atoms with E-state index in [0.717, 1.165) is 34.5 Å². The smallest absolute Gasteiger partial charge is 0.261 e. The van der Waals surface area contributed by atoms with Crippen LogP contribution >= 0.6 is 0 Å². The van der Waals surface area contributed by atoms with Gasteiger partial charge in [0.2, 0.25) is 0 Å². The molecule has 3 atom stereocenters. The molecule has 5 nitrogen and oxygen atoms in total. The summed E-state index contributed by atoms with van der Waals surface area (Å²) in [6, 6.07) is 19.4. The Kier molecular flexibility index (Phi) is 5.41. The van der Waals surface area contributed by atoms with Crippen LogP contribution in [0, 0.1) is 19.8 Å². The number of aryl methyl sites for hydroxylation is 2. The molecule has 3 aromatic carbocycles. The van der Waals surface area contributed by atoms with Crippen LogP contribution < -0.4 is 14.8 Å². The van der Waals surface area contributed by atoms with Crippen molar-refractivity contribution >= 4 is 21.4 Å². The first kappa shape index (κ1) is 21.6. The maximum atomic E-state index is 13.2. The van der Waals surface area contributed by atoms with Crippen molar-refractivity contribution < 1.29 is 13.2 Å². The molecule has 6 heteroatoms. The number of sulfonamides is 1. The lowest BCUT2D eigenvalue weighted by molar-refractivity contribution is 0.406. The SMILES string of the molecule is COc1cccc([C@H]2Nc3ccc(S(=O)(=O)Nc4cc(C)ccc4C)cc3[C@@H]3C=CC[C@@H]23)c1. The minimum Gasteiger partial charge on any atom is -0.497 e. The molecule has 0 radical (unpaired) electrons. The lowest BCUT2D eigenvalue weighted by Crippen LogP contribution is -2.29. The first-order chi connectivity index (χ1) is 15.9. The second kappa shape index (κ2) is 8.27. The van der Waals surface area contributed by atoms with E-state index in [1.807, 2.05) is 56.3 Å². The minimum atomic E-state index is -3.71. The molecule has 0 unspecified atom stereocenters. The van der Waals surface area contributed by atoms with Crippen LogP contribution in [0.3, 0.4) is 0 Å². The third kappa shape index (κ3) is 4.00. The number of ether oxygens (including phenoxy) is 1. The Morgan fingerprint density at radius 3 is 2.70 bits per heavy atom. The summed E-state index contributed by atoms with van der Waals surface area (Å²) in [6.07, 6.45) is 5.36. The van der Waals surface area contributed by atoms with E-state index < -0.39 is 10.0 Å². The maximum absolute atomic E-state index is 13.2. The Labute approximate surface area is 195 Å². The summed E-state index contributed by atoms with van der Waals surface area (Å²) in [5, 5.41) is 3.67. The fourth-order valence-corrected chi connectivity index (χ4v) is 6.11. The zero-order valence-electron chi connectivity index (χ0n) is 19.0. The summed E-state index contributed by atoms with van der Waals surface area (Å²) >= 11 is 0. The molecule has 0 spiro atoms. The summed E-state index contributed by atoms with van der Waals surface area (Å²) in [5.74, 6) is 1.31. The van der Waals surface area contributed by atoms with E-state index in [1.165, 1.54) is 5.56 Å². The molecule has 0 amide bonds. The molecule has 1 aliphatic carbocycles. The third-order valence-corrected chi connectivity index (χ3v) is 8.10. The molecule has 1 heterocycles. The van der Waals surface area contributed by atoms with Crippen LogP contribution in [0.4, 0.5) is 11.4 Å². The molecule has 170 valence electrons. The third-order valence-electron chi connectivity index (χ3n) is 6.73.